The van der Waals surface area contributed by atoms with E-state index in [4.69, 9.17) is 0 Å². The SMILES string of the molecule is O=C1C(NC2CC2)CCCN1c1cc(Br)ccc1Br. The summed E-state index contributed by atoms with van der Waals surface area (Å²) < 4.78 is 1.96. The highest BCUT2D eigenvalue weighted by Gasteiger charge is 2.34. The maximum Gasteiger partial charge on any atom is 0.244 e. The van der Waals surface area contributed by atoms with E-state index in [0.29, 0.717) is 6.04 Å². The van der Waals surface area contributed by atoms with Crippen molar-refractivity contribution in [1.29, 1.82) is 0 Å². The maximum absolute atomic E-state index is 12.6. The fraction of sp³-hybridized carbons (Fsp3) is 0.500. The second kappa shape index (κ2) is 5.54. The van der Waals surface area contributed by atoms with Gasteiger partial charge in [0.25, 0.3) is 0 Å². The molecule has 102 valence electrons. The highest BCUT2D eigenvalue weighted by molar-refractivity contribution is 9.11. The third-order valence-electron chi connectivity index (χ3n) is 3.65. The lowest BCUT2D eigenvalue weighted by Gasteiger charge is -2.33. The third kappa shape index (κ3) is 3.03. The molecule has 1 saturated carbocycles. The van der Waals surface area contributed by atoms with Gasteiger partial charge in [-0.15, -0.1) is 0 Å². The number of carbonyl (C=O) groups is 1. The highest BCUT2D eigenvalue weighted by atomic mass is 79.9. The number of carbonyl (C=O) groups excluding carboxylic acids is 1. The van der Waals surface area contributed by atoms with Crippen molar-refractivity contribution in [2.24, 2.45) is 0 Å². The van der Waals surface area contributed by atoms with E-state index in [1.807, 2.05) is 23.1 Å². The topological polar surface area (TPSA) is 32.3 Å². The molecule has 2 fully saturated rings. The van der Waals surface area contributed by atoms with Crippen molar-refractivity contribution in [3.63, 3.8) is 0 Å². The van der Waals surface area contributed by atoms with Crippen LogP contribution >= 0.6 is 31.9 Å². The zero-order chi connectivity index (χ0) is 13.4. The van der Waals surface area contributed by atoms with Gasteiger partial charge in [-0.25, -0.2) is 0 Å². The highest BCUT2D eigenvalue weighted by Crippen LogP contribution is 2.32. The molecule has 2 aliphatic rings. The predicted octanol–water partition coefficient (Wildman–Crippen LogP) is 3.46. The molecule has 1 aliphatic carbocycles. The summed E-state index contributed by atoms with van der Waals surface area (Å²) in [5.41, 5.74) is 0.960. The van der Waals surface area contributed by atoms with Crippen molar-refractivity contribution < 1.29 is 4.79 Å². The Morgan fingerprint density at radius 1 is 1.21 bits per heavy atom. The third-order valence-corrected chi connectivity index (χ3v) is 4.82. The fourth-order valence-electron chi connectivity index (χ4n) is 2.50. The molecule has 5 heteroatoms. The number of rotatable bonds is 3. The lowest BCUT2D eigenvalue weighted by Crippen LogP contribution is -2.51. The van der Waals surface area contributed by atoms with E-state index in [2.05, 4.69) is 37.2 Å². The van der Waals surface area contributed by atoms with Crippen molar-refractivity contribution in [2.75, 3.05) is 11.4 Å². The molecule has 0 aromatic heterocycles. The van der Waals surface area contributed by atoms with Crippen LogP contribution in [-0.2, 0) is 4.79 Å². The maximum atomic E-state index is 12.6. The van der Waals surface area contributed by atoms with Crippen molar-refractivity contribution in [2.45, 2.75) is 37.8 Å². The lowest BCUT2D eigenvalue weighted by molar-refractivity contribution is -0.121. The molecule has 1 amide bonds. The first-order chi connectivity index (χ1) is 9.15. The summed E-state index contributed by atoms with van der Waals surface area (Å²) in [6, 6.07) is 6.51. The van der Waals surface area contributed by atoms with Crippen LogP contribution in [0.1, 0.15) is 25.7 Å². The van der Waals surface area contributed by atoms with E-state index in [0.717, 1.165) is 34.0 Å². The largest absolute Gasteiger partial charge is 0.310 e. The molecule has 1 atom stereocenters. The van der Waals surface area contributed by atoms with Crippen LogP contribution in [0, 0.1) is 0 Å². The zero-order valence-electron chi connectivity index (χ0n) is 10.5. The molecule has 1 saturated heterocycles. The Hall–Kier alpha value is -0.390. The number of hydrogen-bond acceptors (Lipinski definition) is 2. The Labute approximate surface area is 130 Å². The van der Waals surface area contributed by atoms with Gasteiger partial charge in [0.15, 0.2) is 0 Å². The van der Waals surface area contributed by atoms with Crippen LogP contribution in [0.4, 0.5) is 5.69 Å². The zero-order valence-corrected chi connectivity index (χ0v) is 13.7. The molecule has 1 heterocycles. The van der Waals surface area contributed by atoms with Gasteiger partial charge in [-0.3, -0.25) is 4.79 Å². The second-order valence-electron chi connectivity index (χ2n) is 5.22. The van der Waals surface area contributed by atoms with Gasteiger partial charge < -0.3 is 10.2 Å². The molecule has 19 heavy (non-hydrogen) atoms. The first-order valence-electron chi connectivity index (χ1n) is 6.67. The molecule has 1 unspecified atom stereocenters. The van der Waals surface area contributed by atoms with Gasteiger partial charge in [-0.05, 0) is 59.8 Å². The smallest absolute Gasteiger partial charge is 0.244 e. The second-order valence-corrected chi connectivity index (χ2v) is 6.99. The average molecular weight is 388 g/mol. The van der Waals surface area contributed by atoms with Gasteiger partial charge in [0.1, 0.15) is 0 Å². The van der Waals surface area contributed by atoms with Gasteiger partial charge in [0.2, 0.25) is 5.91 Å². The van der Waals surface area contributed by atoms with E-state index in [1.165, 1.54) is 12.8 Å². The summed E-state index contributed by atoms with van der Waals surface area (Å²) >= 11 is 7.02. The van der Waals surface area contributed by atoms with Crippen molar-refractivity contribution in [3.8, 4) is 0 Å². The summed E-state index contributed by atoms with van der Waals surface area (Å²) in [7, 11) is 0. The summed E-state index contributed by atoms with van der Waals surface area (Å²) in [6.07, 6.45) is 4.43. The van der Waals surface area contributed by atoms with E-state index in [1.54, 1.807) is 0 Å². The van der Waals surface area contributed by atoms with Gasteiger partial charge in [-0.2, -0.15) is 0 Å². The average Bonchev–Trinajstić information content (AvgIpc) is 3.19. The minimum Gasteiger partial charge on any atom is -0.310 e. The van der Waals surface area contributed by atoms with E-state index in [-0.39, 0.29) is 11.9 Å². The molecule has 1 aromatic carbocycles. The predicted molar refractivity (Wildman–Crippen MR) is 83.4 cm³/mol. The number of halogens is 2. The lowest BCUT2D eigenvalue weighted by atomic mass is 10.0. The van der Waals surface area contributed by atoms with Gasteiger partial charge >= 0.3 is 0 Å². The molecule has 3 nitrogen and oxygen atoms in total. The number of benzene rings is 1. The van der Waals surface area contributed by atoms with Crippen LogP contribution in [0.25, 0.3) is 0 Å². The Bertz CT molecular complexity index is 502. The van der Waals surface area contributed by atoms with Crippen molar-refractivity contribution in [1.82, 2.24) is 5.32 Å². The van der Waals surface area contributed by atoms with Crippen LogP contribution < -0.4 is 10.2 Å². The molecular weight excluding hydrogens is 372 g/mol. The fourth-order valence-corrected chi connectivity index (χ4v) is 3.31. The Kier molecular flexibility index (Phi) is 3.96. The molecule has 1 aromatic rings. The number of piperidine rings is 1. The van der Waals surface area contributed by atoms with Crippen LogP contribution in [0.15, 0.2) is 27.1 Å². The van der Waals surface area contributed by atoms with Gasteiger partial charge in [0.05, 0.1) is 11.7 Å². The van der Waals surface area contributed by atoms with Crippen LogP contribution in [0.5, 0.6) is 0 Å². The van der Waals surface area contributed by atoms with Crippen LogP contribution in [-0.4, -0.2) is 24.5 Å². The Morgan fingerprint density at radius 3 is 2.74 bits per heavy atom. The molecule has 1 aliphatic heterocycles. The summed E-state index contributed by atoms with van der Waals surface area (Å²) in [6.45, 7) is 0.802. The first kappa shape index (κ1) is 13.6. The minimum atomic E-state index is -0.00729. The number of hydrogen-bond donors (Lipinski definition) is 1. The number of amides is 1. The summed E-state index contributed by atoms with van der Waals surface area (Å²) in [4.78, 5) is 14.5. The van der Waals surface area contributed by atoms with Gasteiger partial charge in [-0.1, -0.05) is 15.9 Å². The summed E-state index contributed by atoms with van der Waals surface area (Å²) in [5.74, 6) is 0.206. The van der Waals surface area contributed by atoms with E-state index < -0.39 is 0 Å². The van der Waals surface area contributed by atoms with Crippen LogP contribution in [0.2, 0.25) is 0 Å². The normalized spacial score (nSPS) is 23.8. The van der Waals surface area contributed by atoms with Crippen molar-refractivity contribution in [3.05, 3.63) is 27.1 Å². The molecule has 0 radical (unpaired) electrons. The molecule has 1 N–H and O–H groups in total. The van der Waals surface area contributed by atoms with E-state index in [9.17, 15) is 4.79 Å². The molecule has 0 bridgehead atoms. The monoisotopic (exact) mass is 386 g/mol. The first-order valence-corrected chi connectivity index (χ1v) is 8.26. The molecule has 3 rings (SSSR count). The Morgan fingerprint density at radius 2 is 2.00 bits per heavy atom. The molecule has 0 spiro atoms. The standard InChI is InChI=1S/C14H16Br2N2O/c15-9-3-6-11(16)13(8-9)18-7-1-2-12(14(18)19)17-10-4-5-10/h3,6,8,10,12,17H,1-2,4-5,7H2. The minimum absolute atomic E-state index is 0.00729. The quantitative estimate of drug-likeness (QED) is 0.861. The number of anilines is 1. The van der Waals surface area contributed by atoms with Crippen LogP contribution in [0.3, 0.4) is 0 Å². The van der Waals surface area contributed by atoms with Gasteiger partial charge in [0, 0.05) is 21.5 Å². The van der Waals surface area contributed by atoms with E-state index >= 15 is 0 Å². The number of nitrogens with one attached hydrogen (secondary N) is 1. The summed E-state index contributed by atoms with van der Waals surface area (Å²) in [5, 5.41) is 3.46. The van der Waals surface area contributed by atoms with Crippen molar-refractivity contribution >= 4 is 43.5 Å². The molecular formula is C14H16Br2N2O. The Balaban J connectivity index is 1.82. The number of nitrogens with zero attached hydrogens (tertiary/aromatic N) is 1.